The molecule has 3 heteroatoms. The fraction of sp³-hybridized carbons (Fsp3) is 0.118. The molecule has 0 heterocycles. The van der Waals surface area contributed by atoms with Crippen LogP contribution in [0.3, 0.4) is 0 Å². The number of benzene rings is 2. The van der Waals surface area contributed by atoms with E-state index in [0.717, 1.165) is 16.3 Å². The van der Waals surface area contributed by atoms with E-state index in [2.05, 4.69) is 0 Å². The molecule has 1 aliphatic carbocycles. The van der Waals surface area contributed by atoms with E-state index in [4.69, 9.17) is 0 Å². The molecule has 3 rings (SSSR count). The van der Waals surface area contributed by atoms with Gasteiger partial charge in [0.2, 0.25) is 0 Å². The molecule has 0 aliphatic heterocycles. The normalized spacial score (nSPS) is 22.7. The summed E-state index contributed by atoms with van der Waals surface area (Å²) in [6.07, 6.45) is 2.33. The molecular weight excluding hydrogens is 252 g/mol. The van der Waals surface area contributed by atoms with Crippen molar-refractivity contribution in [2.45, 2.75) is 12.2 Å². The lowest BCUT2D eigenvalue weighted by molar-refractivity contribution is -0.124. The highest BCUT2D eigenvalue weighted by Gasteiger charge is 2.31. The molecule has 0 fully saturated rings. The van der Waals surface area contributed by atoms with Crippen molar-refractivity contribution in [3.8, 4) is 0 Å². The van der Waals surface area contributed by atoms with E-state index in [0.29, 0.717) is 5.57 Å². The van der Waals surface area contributed by atoms with E-state index >= 15 is 0 Å². The Labute approximate surface area is 116 Å². The van der Waals surface area contributed by atoms with Gasteiger partial charge >= 0.3 is 0 Å². The minimum Gasteiger partial charge on any atom is -0.385 e. The predicted molar refractivity (Wildman–Crippen MR) is 78.1 cm³/mol. The van der Waals surface area contributed by atoms with E-state index in [9.17, 15) is 15.0 Å². The summed E-state index contributed by atoms with van der Waals surface area (Å²) < 4.78 is 0. The van der Waals surface area contributed by atoms with Gasteiger partial charge in [-0.05, 0) is 34.1 Å². The van der Waals surface area contributed by atoms with Crippen LogP contribution in [0.25, 0.3) is 16.8 Å². The van der Waals surface area contributed by atoms with E-state index in [1.165, 1.54) is 6.08 Å². The van der Waals surface area contributed by atoms with Gasteiger partial charge in [0.05, 0.1) is 0 Å². The van der Waals surface area contributed by atoms with Crippen molar-refractivity contribution in [2.24, 2.45) is 0 Å². The van der Waals surface area contributed by atoms with Crippen molar-refractivity contribution < 1.29 is 15.0 Å². The van der Waals surface area contributed by atoms with Gasteiger partial charge in [-0.3, -0.25) is 4.79 Å². The molecule has 2 atom stereocenters. The first kappa shape index (κ1) is 12.8. The van der Waals surface area contributed by atoms with Crippen LogP contribution in [-0.2, 0) is 4.79 Å². The Morgan fingerprint density at radius 3 is 2.35 bits per heavy atom. The summed E-state index contributed by atoms with van der Waals surface area (Å²) in [5, 5.41) is 21.4. The van der Waals surface area contributed by atoms with Gasteiger partial charge in [-0.1, -0.05) is 48.6 Å². The van der Waals surface area contributed by atoms with Crippen LogP contribution in [0.4, 0.5) is 0 Å². The number of ketones is 1. The SMILES string of the molecule is O=C1C=C(/C=C/c2ccc3ccccc3c2)[C@H](O)[C@H]1O. The predicted octanol–water partition coefficient (Wildman–Crippen LogP) is 2.08. The summed E-state index contributed by atoms with van der Waals surface area (Å²) in [5.74, 6) is -0.448. The first-order valence-corrected chi connectivity index (χ1v) is 6.43. The highest BCUT2D eigenvalue weighted by atomic mass is 16.3. The Bertz CT molecular complexity index is 728. The third-order valence-electron chi connectivity index (χ3n) is 3.48. The maximum atomic E-state index is 11.3. The lowest BCUT2D eigenvalue weighted by Crippen LogP contribution is -2.27. The van der Waals surface area contributed by atoms with Gasteiger partial charge in [0, 0.05) is 0 Å². The molecule has 20 heavy (non-hydrogen) atoms. The highest BCUT2D eigenvalue weighted by molar-refractivity contribution is 5.98. The topological polar surface area (TPSA) is 57.5 Å². The maximum absolute atomic E-state index is 11.3. The summed E-state index contributed by atoms with van der Waals surface area (Å²) in [6.45, 7) is 0. The van der Waals surface area contributed by atoms with E-state index in [1.54, 1.807) is 6.08 Å². The van der Waals surface area contributed by atoms with Crippen LogP contribution in [0.1, 0.15) is 5.56 Å². The highest BCUT2D eigenvalue weighted by Crippen LogP contribution is 2.21. The van der Waals surface area contributed by atoms with Gasteiger partial charge in [0.15, 0.2) is 5.78 Å². The Morgan fingerprint density at radius 1 is 0.900 bits per heavy atom. The summed E-state index contributed by atoms with van der Waals surface area (Å²) in [5.41, 5.74) is 1.42. The number of fused-ring (bicyclic) bond motifs is 1. The van der Waals surface area contributed by atoms with E-state index < -0.39 is 18.0 Å². The first-order chi connectivity index (χ1) is 9.65. The number of aliphatic hydroxyl groups is 2. The Morgan fingerprint density at radius 2 is 1.65 bits per heavy atom. The van der Waals surface area contributed by atoms with Gasteiger partial charge < -0.3 is 10.2 Å². The minimum absolute atomic E-state index is 0.440. The van der Waals surface area contributed by atoms with Crippen molar-refractivity contribution in [1.29, 1.82) is 0 Å². The fourth-order valence-corrected chi connectivity index (χ4v) is 2.32. The minimum atomic E-state index is -1.33. The zero-order valence-electron chi connectivity index (χ0n) is 10.7. The number of hydrogen-bond acceptors (Lipinski definition) is 3. The zero-order chi connectivity index (χ0) is 14.1. The van der Waals surface area contributed by atoms with Crippen molar-refractivity contribution in [2.75, 3.05) is 0 Å². The molecule has 0 saturated heterocycles. The van der Waals surface area contributed by atoms with Crippen LogP contribution >= 0.6 is 0 Å². The van der Waals surface area contributed by atoms with Crippen LogP contribution < -0.4 is 0 Å². The standard InChI is InChI=1S/C17H14O3/c18-15-10-14(16(19)17(15)20)8-6-11-5-7-12-3-1-2-4-13(12)9-11/h1-10,16-17,19-20H/b8-6+/t16-,17-/m0/s1. The monoisotopic (exact) mass is 266 g/mol. The molecule has 2 aromatic carbocycles. The Hall–Kier alpha value is -2.23. The lowest BCUT2D eigenvalue weighted by Gasteiger charge is -2.07. The van der Waals surface area contributed by atoms with Crippen molar-refractivity contribution in [3.05, 3.63) is 65.8 Å². The Kier molecular flexibility index (Phi) is 3.22. The molecule has 0 aromatic heterocycles. The quantitative estimate of drug-likeness (QED) is 0.875. The van der Waals surface area contributed by atoms with Gasteiger partial charge in [-0.15, -0.1) is 0 Å². The maximum Gasteiger partial charge on any atom is 0.187 e. The summed E-state index contributed by atoms with van der Waals surface area (Å²) >= 11 is 0. The smallest absolute Gasteiger partial charge is 0.187 e. The van der Waals surface area contributed by atoms with E-state index in [1.807, 2.05) is 48.5 Å². The summed E-state index contributed by atoms with van der Waals surface area (Å²) in [7, 11) is 0. The van der Waals surface area contributed by atoms with Crippen LogP contribution in [0.2, 0.25) is 0 Å². The van der Waals surface area contributed by atoms with Crippen LogP contribution in [0.15, 0.2) is 60.2 Å². The second kappa shape index (κ2) is 5.04. The molecule has 0 unspecified atom stereocenters. The molecule has 0 saturated carbocycles. The molecule has 100 valence electrons. The second-order valence-corrected chi connectivity index (χ2v) is 4.88. The van der Waals surface area contributed by atoms with Gasteiger partial charge in [0.1, 0.15) is 12.2 Å². The third-order valence-corrected chi connectivity index (χ3v) is 3.48. The third kappa shape index (κ3) is 2.29. The Balaban J connectivity index is 1.88. The van der Waals surface area contributed by atoms with Gasteiger partial charge in [-0.25, -0.2) is 0 Å². The van der Waals surface area contributed by atoms with Crippen molar-refractivity contribution in [3.63, 3.8) is 0 Å². The van der Waals surface area contributed by atoms with Crippen LogP contribution in [0.5, 0.6) is 0 Å². The lowest BCUT2D eigenvalue weighted by atomic mass is 10.1. The molecule has 0 amide bonds. The molecule has 0 spiro atoms. The molecule has 2 N–H and O–H groups in total. The molecule has 3 nitrogen and oxygen atoms in total. The number of rotatable bonds is 2. The molecule has 0 radical (unpaired) electrons. The largest absolute Gasteiger partial charge is 0.385 e. The van der Waals surface area contributed by atoms with Gasteiger partial charge in [0.25, 0.3) is 0 Å². The number of aliphatic hydroxyl groups excluding tert-OH is 2. The van der Waals surface area contributed by atoms with Gasteiger partial charge in [-0.2, -0.15) is 0 Å². The first-order valence-electron chi connectivity index (χ1n) is 6.43. The fourth-order valence-electron chi connectivity index (χ4n) is 2.32. The van der Waals surface area contributed by atoms with E-state index in [-0.39, 0.29) is 0 Å². The average Bonchev–Trinajstić information content (AvgIpc) is 2.72. The van der Waals surface area contributed by atoms with Crippen molar-refractivity contribution in [1.82, 2.24) is 0 Å². The summed E-state index contributed by atoms with van der Waals surface area (Å²) in [4.78, 5) is 11.3. The molecule has 2 aromatic rings. The number of hydrogen-bond donors (Lipinski definition) is 2. The molecular formula is C17H14O3. The van der Waals surface area contributed by atoms with Crippen LogP contribution in [-0.4, -0.2) is 28.2 Å². The summed E-state index contributed by atoms with van der Waals surface area (Å²) in [6, 6.07) is 14.1. The zero-order valence-corrected chi connectivity index (χ0v) is 10.7. The molecule has 0 bridgehead atoms. The average molecular weight is 266 g/mol. The number of carbonyl (C=O) groups is 1. The molecule has 1 aliphatic rings. The second-order valence-electron chi connectivity index (χ2n) is 4.88. The van der Waals surface area contributed by atoms with Crippen LogP contribution in [0, 0.1) is 0 Å². The van der Waals surface area contributed by atoms with Crippen molar-refractivity contribution >= 4 is 22.6 Å². The number of carbonyl (C=O) groups excluding carboxylic acids is 1.